The summed E-state index contributed by atoms with van der Waals surface area (Å²) in [4.78, 5) is 20.3. The van der Waals surface area contributed by atoms with Gasteiger partial charge in [-0.3, -0.25) is 4.79 Å². The maximum absolute atomic E-state index is 11.5. The van der Waals surface area contributed by atoms with Gasteiger partial charge in [0, 0.05) is 20.1 Å². The van der Waals surface area contributed by atoms with Gasteiger partial charge < -0.3 is 15.6 Å². The van der Waals surface area contributed by atoms with Gasteiger partial charge in [-0.1, -0.05) is 24.3 Å². The van der Waals surface area contributed by atoms with Crippen LogP contribution in [0.4, 0.5) is 5.82 Å². The molecule has 2 rings (SSSR count). The van der Waals surface area contributed by atoms with Crippen LogP contribution in [-0.2, 0) is 13.1 Å². The van der Waals surface area contributed by atoms with Crippen LogP contribution < -0.4 is 16.2 Å². The lowest BCUT2D eigenvalue weighted by molar-refractivity contribution is 0.878. The number of anilines is 1. The predicted octanol–water partition coefficient (Wildman–Crippen LogP) is 1.47. The fraction of sp³-hybridized carbons (Fsp3) is 0.231. The Hall–Kier alpha value is -1.41. The number of H-pyrrole nitrogens is 1. The van der Waals surface area contributed by atoms with E-state index in [9.17, 15) is 4.79 Å². The summed E-state index contributed by atoms with van der Waals surface area (Å²) in [5.41, 5.74) is 7.71. The van der Waals surface area contributed by atoms with Crippen LogP contribution in [0.2, 0.25) is 0 Å². The van der Waals surface area contributed by atoms with Crippen LogP contribution in [0, 0.1) is 3.57 Å². The van der Waals surface area contributed by atoms with Gasteiger partial charge in [-0.15, -0.1) is 0 Å². The Morgan fingerprint density at radius 3 is 2.58 bits per heavy atom. The first-order chi connectivity index (χ1) is 9.11. The molecule has 1 aromatic carbocycles. The monoisotopic (exact) mass is 370 g/mol. The van der Waals surface area contributed by atoms with Gasteiger partial charge >= 0.3 is 0 Å². The highest BCUT2D eigenvalue weighted by Crippen LogP contribution is 2.16. The topological polar surface area (TPSA) is 75.0 Å². The Bertz CT molecular complexity index is 609. The normalized spacial score (nSPS) is 10.5. The van der Waals surface area contributed by atoms with Crippen LogP contribution >= 0.6 is 22.6 Å². The second kappa shape index (κ2) is 6.16. The lowest BCUT2D eigenvalue weighted by atomic mass is 10.1. The summed E-state index contributed by atoms with van der Waals surface area (Å²) in [6, 6.07) is 8.11. The van der Waals surface area contributed by atoms with E-state index in [0.717, 1.165) is 11.1 Å². The number of nitrogens with one attached hydrogen (secondary N) is 1. The molecule has 100 valence electrons. The predicted molar refractivity (Wildman–Crippen MR) is 84.0 cm³/mol. The van der Waals surface area contributed by atoms with E-state index in [0.29, 0.717) is 22.5 Å². The zero-order valence-electron chi connectivity index (χ0n) is 10.6. The fourth-order valence-corrected chi connectivity index (χ4v) is 2.48. The average molecular weight is 370 g/mol. The van der Waals surface area contributed by atoms with E-state index in [2.05, 4.69) is 9.97 Å². The van der Waals surface area contributed by atoms with Crippen molar-refractivity contribution in [1.82, 2.24) is 9.97 Å². The Kier molecular flexibility index (Phi) is 4.54. The Morgan fingerprint density at radius 2 is 1.95 bits per heavy atom. The zero-order valence-corrected chi connectivity index (χ0v) is 12.7. The molecule has 0 atom stereocenters. The van der Waals surface area contributed by atoms with Gasteiger partial charge in [-0.2, -0.15) is 0 Å². The van der Waals surface area contributed by atoms with Gasteiger partial charge in [-0.05, 0) is 33.7 Å². The number of hydrogen-bond donors (Lipinski definition) is 2. The van der Waals surface area contributed by atoms with Crippen LogP contribution in [0.25, 0.3) is 0 Å². The quantitative estimate of drug-likeness (QED) is 0.800. The number of benzene rings is 1. The third-order valence-electron chi connectivity index (χ3n) is 2.82. The van der Waals surface area contributed by atoms with Crippen molar-refractivity contribution in [2.75, 3.05) is 11.9 Å². The van der Waals surface area contributed by atoms with E-state index < -0.39 is 0 Å². The largest absolute Gasteiger partial charge is 0.354 e. The summed E-state index contributed by atoms with van der Waals surface area (Å²) < 4.78 is 0.598. The maximum Gasteiger partial charge on any atom is 0.266 e. The molecule has 2 aromatic rings. The number of hydrogen-bond acceptors (Lipinski definition) is 4. The molecule has 6 heteroatoms. The number of aromatic nitrogens is 2. The van der Waals surface area contributed by atoms with Crippen molar-refractivity contribution in [3.05, 3.63) is 55.6 Å². The maximum atomic E-state index is 11.5. The highest BCUT2D eigenvalue weighted by Gasteiger charge is 2.10. The minimum atomic E-state index is -0.115. The van der Waals surface area contributed by atoms with Gasteiger partial charge in [0.25, 0.3) is 5.56 Å². The van der Waals surface area contributed by atoms with Crippen LogP contribution in [0.15, 0.2) is 35.4 Å². The molecule has 0 aliphatic heterocycles. The van der Waals surface area contributed by atoms with Crippen molar-refractivity contribution >= 4 is 28.4 Å². The molecule has 1 aromatic heterocycles. The third-order valence-corrected chi connectivity index (χ3v) is 3.79. The van der Waals surface area contributed by atoms with Crippen molar-refractivity contribution in [3.8, 4) is 0 Å². The second-order valence-electron chi connectivity index (χ2n) is 4.25. The van der Waals surface area contributed by atoms with E-state index in [-0.39, 0.29) is 5.56 Å². The molecule has 0 aliphatic rings. The minimum Gasteiger partial charge on any atom is -0.354 e. The molecule has 0 fully saturated rings. The van der Waals surface area contributed by atoms with Crippen molar-refractivity contribution in [2.45, 2.75) is 13.1 Å². The molecule has 0 bridgehead atoms. The molecule has 5 nitrogen and oxygen atoms in total. The van der Waals surface area contributed by atoms with Gasteiger partial charge in [-0.25, -0.2) is 4.98 Å². The van der Waals surface area contributed by atoms with Crippen molar-refractivity contribution in [2.24, 2.45) is 5.73 Å². The van der Waals surface area contributed by atoms with Crippen LogP contribution in [-0.4, -0.2) is 17.0 Å². The second-order valence-corrected chi connectivity index (χ2v) is 5.32. The zero-order chi connectivity index (χ0) is 13.8. The summed E-state index contributed by atoms with van der Waals surface area (Å²) in [6.45, 7) is 1.24. The molecule has 0 spiro atoms. The molecule has 0 saturated heterocycles. The lowest BCUT2D eigenvalue weighted by Crippen LogP contribution is -2.23. The van der Waals surface area contributed by atoms with Gasteiger partial charge in [0.15, 0.2) is 0 Å². The number of aromatic amines is 1. The van der Waals surface area contributed by atoms with E-state index in [1.54, 1.807) is 0 Å². The van der Waals surface area contributed by atoms with Gasteiger partial charge in [0.1, 0.15) is 9.39 Å². The molecule has 3 N–H and O–H groups in total. The SMILES string of the molecule is CN(Cc1ccc(CN)cc1)c1nc[nH]c(=O)c1I. The van der Waals surface area contributed by atoms with Gasteiger partial charge in [0.2, 0.25) is 0 Å². The summed E-state index contributed by atoms with van der Waals surface area (Å²) >= 11 is 2.01. The standard InChI is InChI=1S/C13H15IN4O/c1-18(12-11(14)13(19)17-8-16-12)7-10-4-2-9(6-15)3-5-10/h2-5,8H,6-7,15H2,1H3,(H,16,17,19). The van der Waals surface area contributed by atoms with Crippen LogP contribution in [0.3, 0.4) is 0 Å². The Labute approximate surface area is 125 Å². The van der Waals surface area contributed by atoms with E-state index in [4.69, 9.17) is 5.73 Å². The van der Waals surface area contributed by atoms with Crippen LogP contribution in [0.5, 0.6) is 0 Å². The molecule has 0 unspecified atom stereocenters. The fourth-order valence-electron chi connectivity index (χ4n) is 1.77. The Morgan fingerprint density at radius 1 is 1.32 bits per heavy atom. The Balaban J connectivity index is 2.18. The summed E-state index contributed by atoms with van der Waals surface area (Å²) in [5.74, 6) is 0.687. The number of nitrogens with two attached hydrogens (primary N) is 1. The first-order valence-electron chi connectivity index (χ1n) is 5.84. The third kappa shape index (κ3) is 3.32. The number of halogens is 1. The molecule has 0 amide bonds. The van der Waals surface area contributed by atoms with E-state index >= 15 is 0 Å². The average Bonchev–Trinajstić information content (AvgIpc) is 2.42. The smallest absolute Gasteiger partial charge is 0.266 e. The summed E-state index contributed by atoms with van der Waals surface area (Å²) in [7, 11) is 1.92. The van der Waals surface area contributed by atoms with E-state index in [1.807, 2.05) is 58.8 Å². The highest BCUT2D eigenvalue weighted by molar-refractivity contribution is 14.1. The molecule has 1 heterocycles. The van der Waals surface area contributed by atoms with Crippen LogP contribution in [0.1, 0.15) is 11.1 Å². The molecular formula is C13H15IN4O. The van der Waals surface area contributed by atoms with Crippen molar-refractivity contribution in [1.29, 1.82) is 0 Å². The first-order valence-corrected chi connectivity index (χ1v) is 6.92. The summed E-state index contributed by atoms with van der Waals surface area (Å²) in [5, 5.41) is 0. The van der Waals surface area contributed by atoms with Gasteiger partial charge in [0.05, 0.1) is 6.33 Å². The number of nitrogens with zero attached hydrogens (tertiary/aromatic N) is 2. The highest BCUT2D eigenvalue weighted by atomic mass is 127. The molecule has 0 saturated carbocycles. The van der Waals surface area contributed by atoms with Crippen molar-refractivity contribution < 1.29 is 0 Å². The molecule has 0 aliphatic carbocycles. The molecule has 0 radical (unpaired) electrons. The minimum absolute atomic E-state index is 0.115. The van der Waals surface area contributed by atoms with E-state index in [1.165, 1.54) is 6.33 Å². The molecule has 19 heavy (non-hydrogen) atoms. The first kappa shape index (κ1) is 14.0. The number of rotatable bonds is 4. The molecular weight excluding hydrogens is 355 g/mol. The van der Waals surface area contributed by atoms with Crippen molar-refractivity contribution in [3.63, 3.8) is 0 Å². The summed E-state index contributed by atoms with van der Waals surface area (Å²) in [6.07, 6.45) is 1.42. The lowest BCUT2D eigenvalue weighted by Gasteiger charge is -2.19.